The molecule has 14 aromatic carbocycles. The number of hydrogen-bond acceptors (Lipinski definition) is 2. The summed E-state index contributed by atoms with van der Waals surface area (Å²) in [5.41, 5.74) is 16.0. The fraction of sp³-hybridized carbons (Fsp3) is 0. The SMILES string of the molecule is c1ccc(-c2cccc(N(c3cccc4ccccc34)c3cc(-c4ccccc4)c4ccc5c(N(c6cccc(-c7ccccc7)c6)c6cccc7ccccc67)cc(-c6ccccc6)c6ccc3c4c65)c2)cc1. The topological polar surface area (TPSA) is 6.48 Å². The Morgan fingerprint density at radius 1 is 0.189 bits per heavy atom. The van der Waals surface area contributed by atoms with Gasteiger partial charge in [0, 0.05) is 43.7 Å². The van der Waals surface area contributed by atoms with Crippen LogP contribution in [0.15, 0.2) is 291 Å². The molecule has 74 heavy (non-hydrogen) atoms. The first-order chi connectivity index (χ1) is 36.7. The van der Waals surface area contributed by atoms with Crippen molar-refractivity contribution < 1.29 is 0 Å². The highest BCUT2D eigenvalue weighted by Gasteiger charge is 2.27. The minimum Gasteiger partial charge on any atom is -0.309 e. The van der Waals surface area contributed by atoms with E-state index in [2.05, 4.69) is 301 Å². The van der Waals surface area contributed by atoms with Gasteiger partial charge in [0.2, 0.25) is 0 Å². The van der Waals surface area contributed by atoms with Crippen LogP contribution in [0, 0.1) is 0 Å². The van der Waals surface area contributed by atoms with E-state index >= 15 is 0 Å². The summed E-state index contributed by atoms with van der Waals surface area (Å²) >= 11 is 0. The van der Waals surface area contributed by atoms with Gasteiger partial charge < -0.3 is 9.80 Å². The van der Waals surface area contributed by atoms with Gasteiger partial charge in [-0.2, -0.15) is 0 Å². The van der Waals surface area contributed by atoms with E-state index in [-0.39, 0.29) is 0 Å². The van der Waals surface area contributed by atoms with E-state index in [1.54, 1.807) is 0 Å². The molecule has 0 aliphatic rings. The molecule has 2 heteroatoms. The fourth-order valence-corrected chi connectivity index (χ4v) is 11.6. The van der Waals surface area contributed by atoms with Gasteiger partial charge in [0.05, 0.1) is 22.7 Å². The molecule has 0 amide bonds. The van der Waals surface area contributed by atoms with Gasteiger partial charge in [0.25, 0.3) is 0 Å². The van der Waals surface area contributed by atoms with Crippen LogP contribution < -0.4 is 9.80 Å². The molecule has 0 saturated heterocycles. The maximum atomic E-state index is 2.52. The van der Waals surface area contributed by atoms with Crippen molar-refractivity contribution in [1.29, 1.82) is 0 Å². The molecule has 0 fully saturated rings. The molecule has 0 atom stereocenters. The number of benzene rings is 14. The maximum Gasteiger partial charge on any atom is 0.0547 e. The Morgan fingerprint density at radius 2 is 0.514 bits per heavy atom. The van der Waals surface area contributed by atoms with Crippen molar-refractivity contribution in [2.45, 2.75) is 0 Å². The third-order valence-corrected chi connectivity index (χ3v) is 14.9. The highest BCUT2D eigenvalue weighted by atomic mass is 15.2. The number of rotatable bonds is 10. The third kappa shape index (κ3) is 7.35. The number of nitrogens with zero attached hydrogens (tertiary/aromatic N) is 2. The first kappa shape index (κ1) is 43.1. The molecule has 0 heterocycles. The molecule has 0 spiro atoms. The number of fused-ring (bicyclic) bond motifs is 2. The van der Waals surface area contributed by atoms with Gasteiger partial charge in [-0.1, -0.05) is 243 Å². The van der Waals surface area contributed by atoms with Gasteiger partial charge in [0.1, 0.15) is 0 Å². The van der Waals surface area contributed by atoms with E-state index in [4.69, 9.17) is 0 Å². The standard InChI is InChI=1S/C72H48N2/c1-5-21-49(22-6-1)55-33-17-35-57(45-55)73(67-39-19-31-51-29-13-15-37-59(51)67)69-47-65(53-25-9-3-10-26-53)61-42-44-64-70(48-66(54-27-11-4-12-28-54)62-41-43-63(69)71(61)72(62)64)74(68-40-20-32-52-30-14-16-38-60(52)68)58-36-18-34-56(46-58)50-23-7-2-8-24-50/h1-48H. The van der Waals surface area contributed by atoms with Crippen LogP contribution in [-0.2, 0) is 0 Å². The zero-order valence-electron chi connectivity index (χ0n) is 40.6. The van der Waals surface area contributed by atoms with Crippen LogP contribution in [0.5, 0.6) is 0 Å². The maximum absolute atomic E-state index is 2.52. The van der Waals surface area contributed by atoms with Crippen molar-refractivity contribution in [3.05, 3.63) is 291 Å². The Bertz CT molecular complexity index is 4060. The second-order valence-corrected chi connectivity index (χ2v) is 19.2. The highest BCUT2D eigenvalue weighted by molar-refractivity contribution is 6.33. The van der Waals surface area contributed by atoms with E-state index < -0.39 is 0 Å². The fourth-order valence-electron chi connectivity index (χ4n) is 11.6. The van der Waals surface area contributed by atoms with Gasteiger partial charge in [-0.05, 0) is 115 Å². The van der Waals surface area contributed by atoms with Gasteiger partial charge in [-0.15, -0.1) is 0 Å². The molecule has 0 radical (unpaired) electrons. The molecule has 0 bridgehead atoms. The van der Waals surface area contributed by atoms with E-state index in [0.29, 0.717) is 0 Å². The molecule has 0 unspecified atom stereocenters. The van der Waals surface area contributed by atoms with Crippen molar-refractivity contribution in [2.24, 2.45) is 0 Å². The minimum absolute atomic E-state index is 1.09. The normalized spacial score (nSPS) is 11.5. The summed E-state index contributed by atoms with van der Waals surface area (Å²) in [4.78, 5) is 5.03. The first-order valence-electron chi connectivity index (χ1n) is 25.5. The Balaban J connectivity index is 1.13. The Labute approximate surface area is 431 Å². The second-order valence-electron chi connectivity index (χ2n) is 19.2. The zero-order valence-corrected chi connectivity index (χ0v) is 40.6. The molecule has 14 rings (SSSR count). The van der Waals surface area contributed by atoms with Crippen LogP contribution in [0.3, 0.4) is 0 Å². The molecule has 2 nitrogen and oxygen atoms in total. The van der Waals surface area contributed by atoms with Gasteiger partial charge in [-0.25, -0.2) is 0 Å². The lowest BCUT2D eigenvalue weighted by Crippen LogP contribution is -2.13. The molecule has 0 aromatic heterocycles. The lowest BCUT2D eigenvalue weighted by Gasteiger charge is -2.32. The van der Waals surface area contributed by atoms with Crippen LogP contribution in [0.25, 0.3) is 98.4 Å². The molecule has 0 N–H and O–H groups in total. The summed E-state index contributed by atoms with van der Waals surface area (Å²) in [5, 5.41) is 12.0. The molecule has 346 valence electrons. The summed E-state index contributed by atoms with van der Waals surface area (Å²) in [6.45, 7) is 0. The lowest BCUT2D eigenvalue weighted by molar-refractivity contribution is 1.31. The van der Waals surface area contributed by atoms with Crippen LogP contribution in [0.4, 0.5) is 34.1 Å². The van der Waals surface area contributed by atoms with E-state index in [1.807, 2.05) is 0 Å². The average molecular weight is 941 g/mol. The van der Waals surface area contributed by atoms with Crippen LogP contribution in [0.1, 0.15) is 0 Å². The molecule has 0 aliphatic carbocycles. The van der Waals surface area contributed by atoms with Crippen LogP contribution in [0.2, 0.25) is 0 Å². The number of hydrogen-bond donors (Lipinski definition) is 0. The minimum atomic E-state index is 1.09. The van der Waals surface area contributed by atoms with E-state index in [1.165, 1.54) is 87.2 Å². The molecular formula is C72H48N2. The highest BCUT2D eigenvalue weighted by Crippen LogP contribution is 2.53. The second kappa shape index (κ2) is 18.1. The van der Waals surface area contributed by atoms with Crippen molar-refractivity contribution in [2.75, 3.05) is 9.80 Å². The van der Waals surface area contributed by atoms with Crippen LogP contribution >= 0.6 is 0 Å². The van der Waals surface area contributed by atoms with Crippen molar-refractivity contribution >= 4 is 88.0 Å². The Kier molecular flexibility index (Phi) is 10.6. The van der Waals surface area contributed by atoms with Gasteiger partial charge in [-0.3, -0.25) is 0 Å². The zero-order chi connectivity index (χ0) is 49.0. The summed E-state index contributed by atoms with van der Waals surface area (Å²) in [7, 11) is 0. The summed E-state index contributed by atoms with van der Waals surface area (Å²) in [5.74, 6) is 0. The summed E-state index contributed by atoms with van der Waals surface area (Å²) < 4.78 is 0. The van der Waals surface area contributed by atoms with Gasteiger partial charge in [0.15, 0.2) is 0 Å². The van der Waals surface area contributed by atoms with Crippen LogP contribution in [-0.4, -0.2) is 0 Å². The van der Waals surface area contributed by atoms with E-state index in [0.717, 1.165) is 45.3 Å². The predicted octanol–water partition coefficient (Wildman–Crippen LogP) is 20.5. The van der Waals surface area contributed by atoms with Crippen molar-refractivity contribution in [1.82, 2.24) is 0 Å². The van der Waals surface area contributed by atoms with Gasteiger partial charge >= 0.3 is 0 Å². The van der Waals surface area contributed by atoms with Crippen molar-refractivity contribution in [3.63, 3.8) is 0 Å². The average Bonchev–Trinajstić information content (AvgIpc) is 3.49. The smallest absolute Gasteiger partial charge is 0.0547 e. The molecular weight excluding hydrogens is 893 g/mol. The van der Waals surface area contributed by atoms with E-state index in [9.17, 15) is 0 Å². The quantitative estimate of drug-likeness (QED) is 0.126. The number of anilines is 6. The monoisotopic (exact) mass is 940 g/mol. The summed E-state index contributed by atoms with van der Waals surface area (Å²) in [6, 6.07) is 107. The Hall–Kier alpha value is -9.76. The molecule has 0 aliphatic heterocycles. The first-order valence-corrected chi connectivity index (χ1v) is 25.5. The largest absolute Gasteiger partial charge is 0.309 e. The molecule has 0 saturated carbocycles. The van der Waals surface area contributed by atoms with Crippen molar-refractivity contribution in [3.8, 4) is 44.5 Å². The predicted molar refractivity (Wildman–Crippen MR) is 316 cm³/mol. The lowest BCUT2D eigenvalue weighted by atomic mass is 9.85. The Morgan fingerprint density at radius 3 is 0.932 bits per heavy atom. The third-order valence-electron chi connectivity index (χ3n) is 14.9. The molecule has 14 aromatic rings. The summed E-state index contributed by atoms with van der Waals surface area (Å²) in [6.07, 6.45) is 0.